The fourth-order valence-corrected chi connectivity index (χ4v) is 1.59. The SMILES string of the molecule is Cc1cnccc1NC(=O)C1CNC(=O)CN1. The smallest absolute Gasteiger partial charge is 0.243 e. The van der Waals surface area contributed by atoms with E-state index in [0.29, 0.717) is 6.54 Å². The molecule has 1 aromatic heterocycles. The number of carbonyl (C=O) groups is 2. The number of rotatable bonds is 2. The van der Waals surface area contributed by atoms with Crippen molar-refractivity contribution in [3.8, 4) is 0 Å². The summed E-state index contributed by atoms with van der Waals surface area (Å²) >= 11 is 0. The lowest BCUT2D eigenvalue weighted by Crippen LogP contribution is -2.56. The van der Waals surface area contributed by atoms with Crippen molar-refractivity contribution < 1.29 is 9.59 Å². The first-order valence-corrected chi connectivity index (χ1v) is 5.38. The van der Waals surface area contributed by atoms with Crippen molar-refractivity contribution in [2.45, 2.75) is 13.0 Å². The molecule has 90 valence electrons. The number of nitrogens with one attached hydrogen (secondary N) is 3. The number of piperazine rings is 1. The van der Waals surface area contributed by atoms with Crippen LogP contribution in [0, 0.1) is 6.92 Å². The zero-order valence-corrected chi connectivity index (χ0v) is 9.49. The second kappa shape index (κ2) is 4.92. The molecule has 1 unspecified atom stereocenters. The van der Waals surface area contributed by atoms with Crippen LogP contribution >= 0.6 is 0 Å². The predicted octanol–water partition coefficient (Wildman–Crippen LogP) is -0.583. The molecular weight excluding hydrogens is 220 g/mol. The van der Waals surface area contributed by atoms with Gasteiger partial charge in [0, 0.05) is 24.6 Å². The number of carbonyl (C=O) groups excluding carboxylic acids is 2. The van der Waals surface area contributed by atoms with Crippen LogP contribution in [0.15, 0.2) is 18.5 Å². The molecule has 1 aromatic rings. The van der Waals surface area contributed by atoms with Gasteiger partial charge in [0.25, 0.3) is 0 Å². The summed E-state index contributed by atoms with van der Waals surface area (Å²) in [6.07, 6.45) is 3.31. The summed E-state index contributed by atoms with van der Waals surface area (Å²) in [4.78, 5) is 26.8. The minimum Gasteiger partial charge on any atom is -0.353 e. The Morgan fingerprint density at radius 2 is 2.41 bits per heavy atom. The van der Waals surface area contributed by atoms with E-state index < -0.39 is 0 Å². The monoisotopic (exact) mass is 234 g/mol. The van der Waals surface area contributed by atoms with E-state index in [1.165, 1.54) is 0 Å². The van der Waals surface area contributed by atoms with Crippen molar-refractivity contribution in [1.29, 1.82) is 0 Å². The molecule has 0 radical (unpaired) electrons. The molecule has 2 rings (SSSR count). The molecule has 17 heavy (non-hydrogen) atoms. The summed E-state index contributed by atoms with van der Waals surface area (Å²) in [5.74, 6) is -0.242. The molecule has 6 heteroatoms. The van der Waals surface area contributed by atoms with Crippen LogP contribution in [0.2, 0.25) is 0 Å². The fraction of sp³-hybridized carbons (Fsp3) is 0.364. The van der Waals surface area contributed by atoms with Crippen molar-refractivity contribution in [2.24, 2.45) is 0 Å². The highest BCUT2D eigenvalue weighted by atomic mass is 16.2. The first-order chi connectivity index (χ1) is 8.16. The standard InChI is InChI=1S/C11H14N4O2/c1-7-4-12-3-2-8(7)15-11(17)9-5-14-10(16)6-13-9/h2-4,9,13H,5-6H2,1H3,(H,14,16)(H,12,15,17). The Morgan fingerprint density at radius 3 is 3.06 bits per heavy atom. The number of hydrogen-bond acceptors (Lipinski definition) is 4. The number of aromatic nitrogens is 1. The highest BCUT2D eigenvalue weighted by Crippen LogP contribution is 2.11. The number of hydrogen-bond donors (Lipinski definition) is 3. The van der Waals surface area contributed by atoms with Gasteiger partial charge in [-0.2, -0.15) is 0 Å². The Kier molecular flexibility index (Phi) is 3.34. The summed E-state index contributed by atoms with van der Waals surface area (Å²) in [5, 5.41) is 8.31. The topological polar surface area (TPSA) is 83.1 Å². The minimum atomic E-state index is -0.389. The third kappa shape index (κ3) is 2.79. The molecule has 0 aromatic carbocycles. The number of pyridine rings is 1. The van der Waals surface area contributed by atoms with Crippen LogP contribution in [-0.4, -0.2) is 35.9 Å². The van der Waals surface area contributed by atoms with Gasteiger partial charge >= 0.3 is 0 Å². The average molecular weight is 234 g/mol. The second-order valence-corrected chi connectivity index (χ2v) is 3.92. The van der Waals surface area contributed by atoms with Crippen molar-refractivity contribution in [1.82, 2.24) is 15.6 Å². The second-order valence-electron chi connectivity index (χ2n) is 3.92. The largest absolute Gasteiger partial charge is 0.353 e. The summed E-state index contributed by atoms with van der Waals surface area (Å²) in [6, 6.07) is 1.36. The molecule has 2 amide bonds. The van der Waals surface area contributed by atoms with E-state index in [2.05, 4.69) is 20.9 Å². The average Bonchev–Trinajstić information content (AvgIpc) is 2.33. The Hall–Kier alpha value is -1.95. The number of anilines is 1. The van der Waals surface area contributed by atoms with Crippen LogP contribution in [0.3, 0.4) is 0 Å². The van der Waals surface area contributed by atoms with Gasteiger partial charge in [0.15, 0.2) is 0 Å². The van der Waals surface area contributed by atoms with Crippen molar-refractivity contribution in [3.05, 3.63) is 24.0 Å². The van der Waals surface area contributed by atoms with Crippen LogP contribution in [0.5, 0.6) is 0 Å². The van der Waals surface area contributed by atoms with Crippen molar-refractivity contribution in [2.75, 3.05) is 18.4 Å². The van der Waals surface area contributed by atoms with Gasteiger partial charge in [-0.15, -0.1) is 0 Å². The number of amides is 2. The summed E-state index contributed by atoms with van der Waals surface area (Å²) < 4.78 is 0. The molecular formula is C11H14N4O2. The highest BCUT2D eigenvalue weighted by Gasteiger charge is 2.23. The van der Waals surface area contributed by atoms with Gasteiger partial charge in [-0.05, 0) is 18.6 Å². The number of aryl methyl sites for hydroxylation is 1. The fourth-order valence-electron chi connectivity index (χ4n) is 1.59. The lowest BCUT2D eigenvalue weighted by molar-refractivity contribution is -0.124. The molecule has 0 bridgehead atoms. The normalized spacial score (nSPS) is 19.6. The Labute approximate surface area is 98.8 Å². The van der Waals surface area contributed by atoms with Crippen molar-refractivity contribution >= 4 is 17.5 Å². The van der Waals surface area contributed by atoms with Crippen LogP contribution in [0.4, 0.5) is 5.69 Å². The zero-order chi connectivity index (χ0) is 12.3. The Bertz CT molecular complexity index is 437. The number of nitrogens with zero attached hydrogens (tertiary/aromatic N) is 1. The van der Waals surface area contributed by atoms with Crippen LogP contribution in [-0.2, 0) is 9.59 Å². The summed E-state index contributed by atoms with van der Waals surface area (Å²) in [5.41, 5.74) is 1.64. The van der Waals surface area contributed by atoms with E-state index in [1.54, 1.807) is 18.5 Å². The molecule has 1 atom stereocenters. The zero-order valence-electron chi connectivity index (χ0n) is 9.49. The maximum atomic E-state index is 11.9. The molecule has 2 heterocycles. The Balaban J connectivity index is 1.98. The van der Waals surface area contributed by atoms with Crippen LogP contribution in [0.1, 0.15) is 5.56 Å². The molecule has 1 saturated heterocycles. The molecule has 3 N–H and O–H groups in total. The van der Waals surface area contributed by atoms with Gasteiger partial charge in [-0.25, -0.2) is 0 Å². The van der Waals surface area contributed by atoms with E-state index in [-0.39, 0.29) is 24.4 Å². The maximum Gasteiger partial charge on any atom is 0.243 e. The van der Waals surface area contributed by atoms with Crippen LogP contribution in [0.25, 0.3) is 0 Å². The van der Waals surface area contributed by atoms with Crippen molar-refractivity contribution in [3.63, 3.8) is 0 Å². The molecule has 1 aliphatic heterocycles. The Morgan fingerprint density at radius 1 is 1.59 bits per heavy atom. The van der Waals surface area contributed by atoms with E-state index in [9.17, 15) is 9.59 Å². The van der Waals surface area contributed by atoms with E-state index in [4.69, 9.17) is 0 Å². The van der Waals surface area contributed by atoms with Gasteiger partial charge in [-0.1, -0.05) is 0 Å². The van der Waals surface area contributed by atoms with E-state index in [0.717, 1.165) is 11.3 Å². The highest BCUT2D eigenvalue weighted by molar-refractivity contribution is 5.96. The first-order valence-electron chi connectivity index (χ1n) is 5.38. The van der Waals surface area contributed by atoms with Crippen LogP contribution < -0.4 is 16.0 Å². The molecule has 0 spiro atoms. The lowest BCUT2D eigenvalue weighted by Gasteiger charge is -2.23. The third-order valence-electron chi connectivity index (χ3n) is 2.61. The first kappa shape index (κ1) is 11.5. The van der Waals surface area contributed by atoms with Gasteiger partial charge in [0.1, 0.15) is 6.04 Å². The van der Waals surface area contributed by atoms with E-state index >= 15 is 0 Å². The molecule has 1 aliphatic rings. The van der Waals surface area contributed by atoms with Gasteiger partial charge < -0.3 is 10.6 Å². The minimum absolute atomic E-state index is 0.0888. The molecule has 0 saturated carbocycles. The molecule has 0 aliphatic carbocycles. The van der Waals surface area contributed by atoms with Gasteiger partial charge in [0.2, 0.25) is 11.8 Å². The lowest BCUT2D eigenvalue weighted by atomic mass is 10.2. The predicted molar refractivity (Wildman–Crippen MR) is 62.4 cm³/mol. The van der Waals surface area contributed by atoms with Gasteiger partial charge in [-0.3, -0.25) is 19.9 Å². The molecule has 1 fully saturated rings. The van der Waals surface area contributed by atoms with Gasteiger partial charge in [0.05, 0.1) is 6.54 Å². The summed E-state index contributed by atoms with van der Waals surface area (Å²) in [6.45, 7) is 2.36. The maximum absolute atomic E-state index is 11.9. The summed E-state index contributed by atoms with van der Waals surface area (Å²) in [7, 11) is 0. The quantitative estimate of drug-likeness (QED) is 0.639. The molecule has 6 nitrogen and oxygen atoms in total. The van der Waals surface area contributed by atoms with E-state index in [1.807, 2.05) is 6.92 Å². The third-order valence-corrected chi connectivity index (χ3v) is 2.61.